The molecule has 6 heteroatoms. The summed E-state index contributed by atoms with van der Waals surface area (Å²) in [5.74, 6) is -0.703. The molecule has 0 unspecified atom stereocenters. The van der Waals surface area contributed by atoms with Crippen LogP contribution in [0.4, 0.5) is 0 Å². The zero-order valence-electron chi connectivity index (χ0n) is 11.5. The summed E-state index contributed by atoms with van der Waals surface area (Å²) in [7, 11) is 0. The monoisotopic (exact) mass is 277 g/mol. The SMILES string of the molecule is CCCCCc1ccc(C(=O)N[C@@H]2CONC2=O)nc1. The van der Waals surface area contributed by atoms with E-state index in [4.69, 9.17) is 4.84 Å². The second kappa shape index (κ2) is 7.00. The van der Waals surface area contributed by atoms with Crippen molar-refractivity contribution in [2.75, 3.05) is 6.61 Å². The van der Waals surface area contributed by atoms with Gasteiger partial charge in [0.1, 0.15) is 18.3 Å². The topological polar surface area (TPSA) is 80.3 Å². The van der Waals surface area contributed by atoms with Gasteiger partial charge in [0.05, 0.1) is 0 Å². The highest BCUT2D eigenvalue weighted by atomic mass is 16.7. The normalized spacial score (nSPS) is 17.9. The van der Waals surface area contributed by atoms with Crippen LogP contribution >= 0.6 is 0 Å². The molecule has 1 saturated heterocycles. The van der Waals surface area contributed by atoms with Crippen LogP contribution in [0.1, 0.15) is 42.2 Å². The standard InChI is InChI=1S/C14H19N3O3/c1-2-3-4-5-10-6-7-11(15-8-10)13(18)16-12-9-20-17-14(12)19/h6-8,12H,2-5,9H2,1H3,(H,16,18)(H,17,19)/t12-/m1/s1. The Balaban J connectivity index is 1.88. The van der Waals surface area contributed by atoms with Gasteiger partial charge in [-0.3, -0.25) is 19.4 Å². The van der Waals surface area contributed by atoms with Gasteiger partial charge in [0, 0.05) is 6.20 Å². The van der Waals surface area contributed by atoms with Crippen molar-refractivity contribution in [2.45, 2.75) is 38.6 Å². The Bertz CT molecular complexity index is 473. The first kappa shape index (κ1) is 14.5. The molecule has 1 aliphatic heterocycles. The van der Waals surface area contributed by atoms with Crippen molar-refractivity contribution in [3.63, 3.8) is 0 Å². The molecule has 20 heavy (non-hydrogen) atoms. The van der Waals surface area contributed by atoms with Crippen LogP contribution < -0.4 is 10.8 Å². The van der Waals surface area contributed by atoms with Gasteiger partial charge in [0.15, 0.2) is 0 Å². The summed E-state index contributed by atoms with van der Waals surface area (Å²) in [4.78, 5) is 32.1. The van der Waals surface area contributed by atoms with Gasteiger partial charge in [-0.05, 0) is 24.5 Å². The summed E-state index contributed by atoms with van der Waals surface area (Å²) < 4.78 is 0. The summed E-state index contributed by atoms with van der Waals surface area (Å²) in [6, 6.07) is 2.95. The Kier molecular flexibility index (Phi) is 5.06. The van der Waals surface area contributed by atoms with Crippen molar-refractivity contribution in [3.8, 4) is 0 Å². The maximum absolute atomic E-state index is 11.9. The number of carbonyl (C=O) groups excluding carboxylic acids is 2. The Morgan fingerprint density at radius 1 is 1.50 bits per heavy atom. The Morgan fingerprint density at radius 3 is 2.95 bits per heavy atom. The predicted molar refractivity (Wildman–Crippen MR) is 72.8 cm³/mol. The van der Waals surface area contributed by atoms with Crippen molar-refractivity contribution in [3.05, 3.63) is 29.6 Å². The smallest absolute Gasteiger partial charge is 0.270 e. The van der Waals surface area contributed by atoms with Gasteiger partial charge in [-0.15, -0.1) is 0 Å². The van der Waals surface area contributed by atoms with Gasteiger partial charge in [0.2, 0.25) is 0 Å². The number of aryl methyl sites for hydroxylation is 1. The fourth-order valence-electron chi connectivity index (χ4n) is 1.97. The summed E-state index contributed by atoms with van der Waals surface area (Å²) >= 11 is 0. The van der Waals surface area contributed by atoms with E-state index in [1.165, 1.54) is 12.8 Å². The summed E-state index contributed by atoms with van der Waals surface area (Å²) in [6.45, 7) is 2.30. The number of nitrogens with zero attached hydrogens (tertiary/aromatic N) is 1. The minimum absolute atomic E-state index is 0.139. The Morgan fingerprint density at radius 2 is 2.35 bits per heavy atom. The molecule has 1 fully saturated rings. The summed E-state index contributed by atoms with van der Waals surface area (Å²) in [5.41, 5.74) is 3.62. The fourth-order valence-corrected chi connectivity index (χ4v) is 1.97. The minimum atomic E-state index is -0.645. The van der Waals surface area contributed by atoms with E-state index in [0.717, 1.165) is 18.4 Å². The van der Waals surface area contributed by atoms with E-state index < -0.39 is 6.04 Å². The zero-order chi connectivity index (χ0) is 14.4. The van der Waals surface area contributed by atoms with Gasteiger partial charge >= 0.3 is 0 Å². The predicted octanol–water partition coefficient (Wildman–Crippen LogP) is 0.974. The Labute approximate surface area is 117 Å². The molecule has 0 saturated carbocycles. The molecule has 2 N–H and O–H groups in total. The number of hydrogen-bond acceptors (Lipinski definition) is 4. The molecule has 2 amide bonds. The van der Waals surface area contributed by atoms with Gasteiger partial charge in [0.25, 0.3) is 11.8 Å². The zero-order valence-corrected chi connectivity index (χ0v) is 11.5. The second-order valence-corrected chi connectivity index (χ2v) is 4.81. The number of hydroxylamine groups is 1. The average Bonchev–Trinajstić information content (AvgIpc) is 2.85. The van der Waals surface area contributed by atoms with Crippen LogP contribution in [-0.2, 0) is 16.1 Å². The molecule has 1 atom stereocenters. The van der Waals surface area contributed by atoms with Gasteiger partial charge in [-0.25, -0.2) is 5.48 Å². The highest BCUT2D eigenvalue weighted by Gasteiger charge is 2.27. The molecule has 108 valence electrons. The minimum Gasteiger partial charge on any atom is -0.337 e. The second-order valence-electron chi connectivity index (χ2n) is 4.81. The molecule has 0 aliphatic carbocycles. The van der Waals surface area contributed by atoms with Crippen LogP contribution in [0.15, 0.2) is 18.3 Å². The lowest BCUT2D eigenvalue weighted by Crippen LogP contribution is -2.41. The quantitative estimate of drug-likeness (QED) is 0.759. The average molecular weight is 277 g/mol. The van der Waals surface area contributed by atoms with E-state index in [9.17, 15) is 9.59 Å². The maximum Gasteiger partial charge on any atom is 0.270 e. The first-order chi connectivity index (χ1) is 9.70. The molecule has 0 spiro atoms. The third-order valence-corrected chi connectivity index (χ3v) is 3.17. The molecule has 6 nitrogen and oxygen atoms in total. The molecule has 2 rings (SSSR count). The largest absolute Gasteiger partial charge is 0.337 e. The highest BCUT2D eigenvalue weighted by Crippen LogP contribution is 2.07. The highest BCUT2D eigenvalue weighted by molar-refractivity contribution is 5.96. The summed E-state index contributed by atoms with van der Waals surface area (Å²) in [5, 5.41) is 2.58. The van der Waals surface area contributed by atoms with E-state index >= 15 is 0 Å². The van der Waals surface area contributed by atoms with Crippen molar-refractivity contribution in [1.29, 1.82) is 0 Å². The number of carbonyl (C=O) groups is 2. The Hall–Kier alpha value is -1.95. The van der Waals surface area contributed by atoms with Crippen molar-refractivity contribution >= 4 is 11.8 Å². The van der Waals surface area contributed by atoms with E-state index in [1.807, 2.05) is 6.07 Å². The lowest BCUT2D eigenvalue weighted by molar-refractivity contribution is -0.125. The van der Waals surface area contributed by atoms with E-state index in [-0.39, 0.29) is 18.4 Å². The molecule has 0 radical (unpaired) electrons. The number of amides is 2. The van der Waals surface area contributed by atoms with Crippen LogP contribution in [0.25, 0.3) is 0 Å². The molecule has 2 heterocycles. The lowest BCUT2D eigenvalue weighted by atomic mass is 10.1. The molecule has 1 aromatic rings. The molecular formula is C14H19N3O3. The van der Waals surface area contributed by atoms with E-state index in [0.29, 0.717) is 5.69 Å². The molecular weight excluding hydrogens is 258 g/mol. The molecule has 1 aliphatic rings. The first-order valence-corrected chi connectivity index (χ1v) is 6.88. The van der Waals surface area contributed by atoms with Gasteiger partial charge < -0.3 is 5.32 Å². The van der Waals surface area contributed by atoms with Crippen molar-refractivity contribution in [1.82, 2.24) is 15.8 Å². The molecule has 0 aromatic carbocycles. The fraction of sp³-hybridized carbons (Fsp3) is 0.500. The molecule has 0 bridgehead atoms. The van der Waals surface area contributed by atoms with E-state index in [2.05, 4.69) is 22.7 Å². The van der Waals surface area contributed by atoms with Gasteiger partial charge in [-0.1, -0.05) is 25.8 Å². The number of hydrogen-bond donors (Lipinski definition) is 2. The lowest BCUT2D eigenvalue weighted by Gasteiger charge is -2.08. The van der Waals surface area contributed by atoms with E-state index in [1.54, 1.807) is 12.3 Å². The number of nitrogens with one attached hydrogen (secondary N) is 2. The van der Waals surface area contributed by atoms with Gasteiger partial charge in [-0.2, -0.15) is 0 Å². The number of rotatable bonds is 6. The molecule has 1 aromatic heterocycles. The third kappa shape index (κ3) is 3.77. The van der Waals surface area contributed by atoms with Crippen LogP contribution in [-0.4, -0.2) is 29.4 Å². The number of unbranched alkanes of at least 4 members (excludes halogenated alkanes) is 2. The number of aromatic nitrogens is 1. The number of pyridine rings is 1. The van der Waals surface area contributed by atoms with Crippen LogP contribution in [0.2, 0.25) is 0 Å². The first-order valence-electron chi connectivity index (χ1n) is 6.88. The van der Waals surface area contributed by atoms with Crippen molar-refractivity contribution < 1.29 is 14.4 Å². The third-order valence-electron chi connectivity index (χ3n) is 3.17. The maximum atomic E-state index is 11.9. The van der Waals surface area contributed by atoms with Crippen LogP contribution in [0.5, 0.6) is 0 Å². The van der Waals surface area contributed by atoms with Crippen molar-refractivity contribution in [2.24, 2.45) is 0 Å². The van der Waals surface area contributed by atoms with Crippen LogP contribution in [0.3, 0.4) is 0 Å². The summed E-state index contributed by atoms with van der Waals surface area (Å²) in [6.07, 6.45) is 6.19. The van der Waals surface area contributed by atoms with Crippen LogP contribution in [0, 0.1) is 0 Å².